The highest BCUT2D eigenvalue weighted by atomic mass is 35.5. The van der Waals surface area contributed by atoms with E-state index in [2.05, 4.69) is 5.32 Å². The molecule has 0 heterocycles. The molecule has 2 aromatic carbocycles. The number of methoxy groups -OCH3 is 1. The van der Waals surface area contributed by atoms with Crippen LogP contribution in [0, 0.1) is 23.2 Å². The van der Waals surface area contributed by atoms with Gasteiger partial charge < -0.3 is 15.2 Å². The van der Waals surface area contributed by atoms with Crippen molar-refractivity contribution < 1.29 is 19.4 Å². The van der Waals surface area contributed by atoms with Gasteiger partial charge in [-0.15, -0.1) is 0 Å². The Hall–Kier alpha value is -2.53. The van der Waals surface area contributed by atoms with Gasteiger partial charge in [-0.3, -0.25) is 4.79 Å². The van der Waals surface area contributed by atoms with E-state index in [0.717, 1.165) is 17.8 Å². The molecule has 6 heteroatoms. The first-order valence-electron chi connectivity index (χ1n) is 11.4. The predicted octanol–water partition coefficient (Wildman–Crippen LogP) is 5.66. The van der Waals surface area contributed by atoms with Crippen LogP contribution in [0.15, 0.2) is 36.4 Å². The molecular formula is C26H28ClNO4. The summed E-state index contributed by atoms with van der Waals surface area (Å²) in [5.74, 6) is 1.70. The molecule has 0 saturated heterocycles. The van der Waals surface area contributed by atoms with E-state index in [1.54, 1.807) is 30.3 Å². The van der Waals surface area contributed by atoms with Crippen molar-refractivity contribution in [2.24, 2.45) is 23.2 Å². The van der Waals surface area contributed by atoms with Crippen LogP contribution >= 0.6 is 11.6 Å². The average molecular weight is 454 g/mol. The average Bonchev–Trinajstić information content (AvgIpc) is 2.76. The predicted molar refractivity (Wildman–Crippen MR) is 123 cm³/mol. The Morgan fingerprint density at radius 2 is 1.69 bits per heavy atom. The van der Waals surface area contributed by atoms with Gasteiger partial charge in [-0.2, -0.15) is 0 Å². The van der Waals surface area contributed by atoms with Crippen LogP contribution in [-0.2, 0) is 0 Å². The fourth-order valence-corrected chi connectivity index (χ4v) is 7.02. The van der Waals surface area contributed by atoms with Crippen LogP contribution in [0.1, 0.15) is 59.2 Å². The molecule has 4 aliphatic carbocycles. The largest absolute Gasteiger partial charge is 0.497 e. The summed E-state index contributed by atoms with van der Waals surface area (Å²) in [4.78, 5) is 24.9. The molecule has 0 radical (unpaired) electrons. The van der Waals surface area contributed by atoms with Gasteiger partial charge >= 0.3 is 5.97 Å². The number of rotatable bonds is 6. The third-order valence-electron chi connectivity index (χ3n) is 7.77. The lowest BCUT2D eigenvalue weighted by Crippen LogP contribution is -2.51. The smallest absolute Gasteiger partial charge is 0.336 e. The molecule has 4 bridgehead atoms. The van der Waals surface area contributed by atoms with E-state index in [1.165, 1.54) is 51.7 Å². The fraction of sp³-hybridized carbons (Fsp3) is 0.462. The minimum absolute atomic E-state index is 0.117. The topological polar surface area (TPSA) is 75.6 Å². The molecule has 5 nitrogen and oxygen atoms in total. The maximum atomic E-state index is 13.1. The lowest BCUT2D eigenvalue weighted by molar-refractivity contribution is -0.0503. The summed E-state index contributed by atoms with van der Waals surface area (Å²) in [7, 11) is 1.50. The first-order valence-corrected chi connectivity index (χ1v) is 11.7. The van der Waals surface area contributed by atoms with Crippen molar-refractivity contribution in [3.63, 3.8) is 0 Å². The maximum absolute atomic E-state index is 13.1. The van der Waals surface area contributed by atoms with Gasteiger partial charge in [-0.1, -0.05) is 17.7 Å². The Labute approximate surface area is 193 Å². The van der Waals surface area contributed by atoms with Crippen molar-refractivity contribution in [2.45, 2.75) is 38.5 Å². The van der Waals surface area contributed by atoms with Gasteiger partial charge in [0.25, 0.3) is 5.91 Å². The number of amides is 1. The van der Waals surface area contributed by atoms with E-state index in [9.17, 15) is 14.7 Å². The molecule has 168 valence electrons. The molecule has 0 spiro atoms. The van der Waals surface area contributed by atoms with Crippen LogP contribution in [-0.4, -0.2) is 30.6 Å². The number of carbonyl (C=O) groups excluding carboxylic acids is 1. The van der Waals surface area contributed by atoms with Crippen LogP contribution in [0.5, 0.6) is 5.75 Å². The van der Waals surface area contributed by atoms with E-state index in [4.69, 9.17) is 16.3 Å². The Bertz CT molecular complexity index is 1040. The summed E-state index contributed by atoms with van der Waals surface area (Å²) in [6, 6.07) is 9.98. The third kappa shape index (κ3) is 3.88. The van der Waals surface area contributed by atoms with Crippen molar-refractivity contribution in [2.75, 3.05) is 13.7 Å². The van der Waals surface area contributed by atoms with Gasteiger partial charge in [-0.25, -0.2) is 4.79 Å². The Morgan fingerprint density at radius 1 is 1.03 bits per heavy atom. The molecule has 4 aliphatic rings. The molecule has 32 heavy (non-hydrogen) atoms. The zero-order chi connectivity index (χ0) is 22.5. The lowest BCUT2D eigenvalue weighted by atomic mass is 9.49. The standard InChI is InChI=1S/C26H28ClNO4/c1-32-19-3-4-20(21(10-19)25(30)31)18-2-5-23(27)22(9-18)24(29)28-14-26-11-15-6-16(12-26)8-17(7-15)13-26/h2-5,9-10,15-17H,6-8,11-14H2,1H3,(H,28,29)(H,30,31). The molecule has 4 fully saturated rings. The first-order chi connectivity index (χ1) is 15.4. The van der Waals surface area contributed by atoms with Crippen molar-refractivity contribution >= 4 is 23.5 Å². The Balaban J connectivity index is 1.38. The quantitative estimate of drug-likeness (QED) is 0.591. The van der Waals surface area contributed by atoms with Crippen LogP contribution in [0.25, 0.3) is 11.1 Å². The molecular weight excluding hydrogens is 426 g/mol. The van der Waals surface area contributed by atoms with Crippen molar-refractivity contribution in [1.29, 1.82) is 0 Å². The fourth-order valence-electron chi connectivity index (χ4n) is 6.82. The van der Waals surface area contributed by atoms with Crippen LogP contribution in [0.3, 0.4) is 0 Å². The number of ether oxygens (including phenoxy) is 1. The number of hydrogen-bond acceptors (Lipinski definition) is 3. The maximum Gasteiger partial charge on any atom is 0.336 e. The molecule has 1 amide bonds. The first kappa shape index (κ1) is 21.3. The molecule has 2 N–H and O–H groups in total. The van der Waals surface area contributed by atoms with Gasteiger partial charge in [0.05, 0.1) is 23.3 Å². The van der Waals surface area contributed by atoms with E-state index >= 15 is 0 Å². The van der Waals surface area contributed by atoms with Gasteiger partial charge in [0.1, 0.15) is 5.75 Å². The van der Waals surface area contributed by atoms with Gasteiger partial charge in [-0.05, 0) is 103 Å². The minimum atomic E-state index is -1.05. The SMILES string of the molecule is COc1ccc(-c2ccc(Cl)c(C(=O)NCC34CC5CC(CC(C5)C3)C4)c2)c(C(=O)O)c1. The number of carboxylic acids is 1. The van der Waals surface area contributed by atoms with Crippen LogP contribution in [0.4, 0.5) is 0 Å². The number of halogens is 1. The second kappa shape index (κ2) is 8.11. The summed E-state index contributed by atoms with van der Waals surface area (Å²) in [6.07, 6.45) is 7.78. The number of carboxylic acid groups (broad SMARTS) is 1. The summed E-state index contributed by atoms with van der Waals surface area (Å²) in [5, 5.41) is 13.2. The second-order valence-corrected chi connectivity index (χ2v) is 10.4. The number of hydrogen-bond donors (Lipinski definition) is 2. The summed E-state index contributed by atoms with van der Waals surface area (Å²) in [5.41, 5.74) is 1.88. The molecule has 2 aromatic rings. The van der Waals surface area contributed by atoms with Crippen molar-refractivity contribution in [3.8, 4) is 16.9 Å². The van der Waals surface area contributed by atoms with E-state index in [0.29, 0.717) is 34.0 Å². The second-order valence-electron chi connectivity index (χ2n) is 10.0. The molecule has 0 aliphatic heterocycles. The number of nitrogens with one attached hydrogen (secondary N) is 1. The zero-order valence-corrected chi connectivity index (χ0v) is 19.0. The highest BCUT2D eigenvalue weighted by Crippen LogP contribution is 2.59. The molecule has 0 aromatic heterocycles. The van der Waals surface area contributed by atoms with Crippen LogP contribution < -0.4 is 10.1 Å². The Kier molecular flexibility index (Phi) is 5.40. The summed E-state index contributed by atoms with van der Waals surface area (Å²) >= 11 is 6.39. The molecule has 0 unspecified atom stereocenters. The number of aromatic carboxylic acids is 1. The monoisotopic (exact) mass is 453 g/mol. The highest BCUT2D eigenvalue weighted by Gasteiger charge is 2.50. The van der Waals surface area contributed by atoms with Gasteiger partial charge in [0.2, 0.25) is 0 Å². The normalized spacial score (nSPS) is 27.9. The van der Waals surface area contributed by atoms with E-state index in [1.807, 2.05) is 0 Å². The molecule has 4 saturated carbocycles. The number of benzene rings is 2. The zero-order valence-electron chi connectivity index (χ0n) is 18.2. The van der Waals surface area contributed by atoms with Crippen molar-refractivity contribution in [3.05, 3.63) is 52.5 Å². The number of carbonyl (C=O) groups is 2. The summed E-state index contributed by atoms with van der Waals surface area (Å²) < 4.78 is 5.16. The van der Waals surface area contributed by atoms with Crippen LogP contribution in [0.2, 0.25) is 5.02 Å². The van der Waals surface area contributed by atoms with Gasteiger partial charge in [0.15, 0.2) is 0 Å². The van der Waals surface area contributed by atoms with E-state index < -0.39 is 5.97 Å². The van der Waals surface area contributed by atoms with Crippen molar-refractivity contribution in [1.82, 2.24) is 5.32 Å². The Morgan fingerprint density at radius 3 is 2.28 bits per heavy atom. The lowest BCUT2D eigenvalue weighted by Gasteiger charge is -2.56. The molecule has 6 rings (SSSR count). The van der Waals surface area contributed by atoms with Gasteiger partial charge in [0, 0.05) is 6.54 Å². The summed E-state index contributed by atoms with van der Waals surface area (Å²) in [6.45, 7) is 0.693. The van der Waals surface area contributed by atoms with E-state index in [-0.39, 0.29) is 16.9 Å². The minimum Gasteiger partial charge on any atom is -0.497 e. The highest BCUT2D eigenvalue weighted by molar-refractivity contribution is 6.34. The molecule has 0 atom stereocenters. The third-order valence-corrected chi connectivity index (χ3v) is 8.10.